The minimum absolute atomic E-state index is 0.307. The van der Waals surface area contributed by atoms with Crippen molar-refractivity contribution in [1.82, 2.24) is 4.98 Å². The van der Waals surface area contributed by atoms with E-state index in [2.05, 4.69) is 4.98 Å². The number of hydrogen-bond donors (Lipinski definition) is 0. The van der Waals surface area contributed by atoms with Crippen molar-refractivity contribution in [1.29, 1.82) is 0 Å². The largest absolute Gasteiger partial charge is 0.498 e. The van der Waals surface area contributed by atoms with Gasteiger partial charge in [0.15, 0.2) is 0 Å². The lowest BCUT2D eigenvalue weighted by Gasteiger charge is -2.32. The molecule has 0 aromatic carbocycles. The van der Waals surface area contributed by atoms with Gasteiger partial charge in [0.1, 0.15) is 11.3 Å². The highest BCUT2D eigenvalue weighted by Crippen LogP contribution is 2.37. The Balaban J connectivity index is 1.80. The molecule has 1 aliphatic heterocycles. The van der Waals surface area contributed by atoms with E-state index in [0.29, 0.717) is 17.1 Å². The maximum absolute atomic E-state index is 6.25. The third-order valence-corrected chi connectivity index (χ3v) is 4.47. The molecule has 6 heteroatoms. The van der Waals surface area contributed by atoms with Crippen LogP contribution < -0.4 is 10.2 Å². The maximum atomic E-state index is 6.25. The van der Waals surface area contributed by atoms with Gasteiger partial charge < -0.3 is 14.0 Å². The summed E-state index contributed by atoms with van der Waals surface area (Å²) in [4.78, 5) is 4.28. The highest BCUT2D eigenvalue weighted by Gasteiger charge is 2.52. The van der Waals surface area contributed by atoms with Gasteiger partial charge in [-0.1, -0.05) is 17.7 Å². The zero-order valence-electron chi connectivity index (χ0n) is 12.3. The molecule has 0 bridgehead atoms. The van der Waals surface area contributed by atoms with E-state index in [4.69, 9.17) is 25.6 Å². The molecule has 1 aromatic heterocycles. The van der Waals surface area contributed by atoms with Crippen molar-refractivity contribution in [2.24, 2.45) is 0 Å². The molecule has 3 rings (SSSR count). The molecule has 1 aliphatic carbocycles. The van der Waals surface area contributed by atoms with Crippen LogP contribution in [0.2, 0.25) is 5.15 Å². The van der Waals surface area contributed by atoms with Crippen LogP contribution in [0.5, 0.6) is 5.88 Å². The lowest BCUT2D eigenvalue weighted by atomic mass is 9.80. The summed E-state index contributed by atoms with van der Waals surface area (Å²) < 4.78 is 17.6. The van der Waals surface area contributed by atoms with Crippen LogP contribution >= 0.6 is 11.6 Å². The Morgan fingerprint density at radius 1 is 1.20 bits per heavy atom. The van der Waals surface area contributed by atoms with E-state index in [-0.39, 0.29) is 11.2 Å². The second-order valence-corrected chi connectivity index (χ2v) is 6.79. The summed E-state index contributed by atoms with van der Waals surface area (Å²) in [5, 5.41) is 0.377. The molecule has 108 valence electrons. The zero-order valence-corrected chi connectivity index (χ0v) is 13.0. The molecule has 0 spiro atoms. The van der Waals surface area contributed by atoms with E-state index in [9.17, 15) is 0 Å². The number of aromatic nitrogens is 1. The SMILES string of the molecule is CC1(C)OB(c2ccc(OC3CC3)nc2Cl)OC1(C)C. The summed E-state index contributed by atoms with van der Waals surface area (Å²) in [6.07, 6.45) is 2.50. The van der Waals surface area contributed by atoms with Crippen molar-refractivity contribution in [3.05, 3.63) is 17.3 Å². The number of hydrogen-bond acceptors (Lipinski definition) is 4. The molecule has 0 atom stereocenters. The van der Waals surface area contributed by atoms with Crippen LogP contribution in [0.15, 0.2) is 12.1 Å². The predicted octanol–water partition coefficient (Wildman–Crippen LogP) is 2.58. The van der Waals surface area contributed by atoms with E-state index < -0.39 is 7.12 Å². The van der Waals surface area contributed by atoms with Gasteiger partial charge >= 0.3 is 7.12 Å². The Morgan fingerprint density at radius 3 is 2.30 bits per heavy atom. The molecular formula is C14H19BClNO3. The second kappa shape index (κ2) is 4.62. The van der Waals surface area contributed by atoms with E-state index in [0.717, 1.165) is 18.3 Å². The Hall–Kier alpha value is -0.775. The van der Waals surface area contributed by atoms with E-state index in [1.807, 2.05) is 39.8 Å². The van der Waals surface area contributed by atoms with Crippen LogP contribution in [-0.2, 0) is 9.31 Å². The van der Waals surface area contributed by atoms with E-state index >= 15 is 0 Å². The Labute approximate surface area is 124 Å². The van der Waals surface area contributed by atoms with E-state index in [1.165, 1.54) is 0 Å². The smallest absolute Gasteiger partial charge is 0.474 e. The molecule has 1 aromatic rings. The summed E-state index contributed by atoms with van der Waals surface area (Å²) in [6.45, 7) is 8.05. The van der Waals surface area contributed by atoms with Crippen molar-refractivity contribution in [3.8, 4) is 5.88 Å². The fraction of sp³-hybridized carbons (Fsp3) is 0.643. The fourth-order valence-electron chi connectivity index (χ4n) is 2.00. The Morgan fingerprint density at radius 2 is 1.80 bits per heavy atom. The molecule has 2 heterocycles. The van der Waals surface area contributed by atoms with Gasteiger partial charge in [-0.15, -0.1) is 0 Å². The van der Waals surface area contributed by atoms with Crippen LogP contribution in [0, 0.1) is 0 Å². The van der Waals surface area contributed by atoms with Crippen LogP contribution in [0.4, 0.5) is 0 Å². The van der Waals surface area contributed by atoms with Gasteiger partial charge in [0.05, 0.1) is 11.2 Å². The molecule has 0 amide bonds. The average Bonchev–Trinajstić information content (AvgIpc) is 3.07. The molecule has 20 heavy (non-hydrogen) atoms. The molecule has 0 N–H and O–H groups in total. The van der Waals surface area contributed by atoms with Gasteiger partial charge in [0.2, 0.25) is 5.88 Å². The molecule has 1 saturated heterocycles. The normalized spacial score (nSPS) is 23.9. The van der Waals surface area contributed by atoms with Gasteiger partial charge in [0.25, 0.3) is 0 Å². The molecule has 2 fully saturated rings. The number of halogens is 1. The minimum atomic E-state index is -0.491. The van der Waals surface area contributed by atoms with Crippen molar-refractivity contribution in [2.45, 2.75) is 57.8 Å². The third-order valence-electron chi connectivity index (χ3n) is 4.17. The molecule has 1 saturated carbocycles. The second-order valence-electron chi connectivity index (χ2n) is 6.43. The minimum Gasteiger partial charge on any atom is -0.474 e. The van der Waals surface area contributed by atoms with Gasteiger partial charge in [-0.25, -0.2) is 4.98 Å². The molecule has 0 radical (unpaired) electrons. The van der Waals surface area contributed by atoms with E-state index in [1.54, 1.807) is 0 Å². The monoisotopic (exact) mass is 295 g/mol. The van der Waals surface area contributed by atoms with Crippen LogP contribution in [0.3, 0.4) is 0 Å². The number of pyridine rings is 1. The first-order valence-electron chi connectivity index (χ1n) is 6.97. The summed E-state index contributed by atoms with van der Waals surface area (Å²) >= 11 is 6.25. The lowest BCUT2D eigenvalue weighted by Crippen LogP contribution is -2.41. The molecular weight excluding hydrogens is 276 g/mol. The first-order chi connectivity index (χ1) is 9.28. The Bertz CT molecular complexity index is 515. The predicted molar refractivity (Wildman–Crippen MR) is 78.6 cm³/mol. The summed E-state index contributed by atoms with van der Waals surface area (Å²) in [6, 6.07) is 3.69. The standard InChI is InChI=1S/C14H19BClNO3/c1-13(2)14(3,4)20-15(19-13)10-7-8-11(17-12(10)16)18-9-5-6-9/h7-9H,5-6H2,1-4H3. The van der Waals surface area contributed by atoms with Crippen LogP contribution in [0.25, 0.3) is 0 Å². The lowest BCUT2D eigenvalue weighted by molar-refractivity contribution is 0.00578. The number of nitrogens with zero attached hydrogens (tertiary/aromatic N) is 1. The number of ether oxygens (including phenoxy) is 1. The topological polar surface area (TPSA) is 40.6 Å². The zero-order chi connectivity index (χ0) is 14.5. The summed E-state index contributed by atoms with van der Waals surface area (Å²) in [7, 11) is -0.491. The third kappa shape index (κ3) is 2.54. The maximum Gasteiger partial charge on any atom is 0.498 e. The molecule has 0 unspecified atom stereocenters. The first-order valence-corrected chi connectivity index (χ1v) is 7.35. The van der Waals surface area contributed by atoms with Crippen molar-refractivity contribution in [2.75, 3.05) is 0 Å². The fourth-order valence-corrected chi connectivity index (χ4v) is 2.23. The van der Waals surface area contributed by atoms with Crippen molar-refractivity contribution < 1.29 is 14.0 Å². The van der Waals surface area contributed by atoms with Gasteiger partial charge in [-0.3, -0.25) is 0 Å². The quantitative estimate of drug-likeness (QED) is 0.635. The molecule has 4 nitrogen and oxygen atoms in total. The molecule has 2 aliphatic rings. The number of rotatable bonds is 3. The summed E-state index contributed by atoms with van der Waals surface area (Å²) in [5.74, 6) is 0.567. The first kappa shape index (κ1) is 14.2. The van der Waals surface area contributed by atoms with Gasteiger partial charge in [0, 0.05) is 11.5 Å². The summed E-state index contributed by atoms with van der Waals surface area (Å²) in [5.41, 5.74) is -0.0255. The van der Waals surface area contributed by atoms with Gasteiger partial charge in [-0.05, 0) is 40.5 Å². The highest BCUT2D eigenvalue weighted by molar-refractivity contribution is 6.65. The van der Waals surface area contributed by atoms with Crippen LogP contribution in [0.1, 0.15) is 40.5 Å². The van der Waals surface area contributed by atoms with Crippen molar-refractivity contribution in [3.63, 3.8) is 0 Å². The highest BCUT2D eigenvalue weighted by atomic mass is 35.5. The van der Waals surface area contributed by atoms with Crippen LogP contribution in [-0.4, -0.2) is 29.4 Å². The van der Waals surface area contributed by atoms with Gasteiger partial charge in [-0.2, -0.15) is 0 Å². The Kier molecular flexibility index (Phi) is 3.27. The van der Waals surface area contributed by atoms with Crippen molar-refractivity contribution >= 4 is 24.2 Å². The average molecular weight is 296 g/mol.